The summed E-state index contributed by atoms with van der Waals surface area (Å²) in [5.74, 6) is -0.967. The van der Waals surface area contributed by atoms with E-state index >= 15 is 0 Å². The molecule has 2 aliphatic rings. The predicted molar refractivity (Wildman–Crippen MR) is 119 cm³/mol. The Hall–Kier alpha value is -3.16. The number of hydrogen-bond acceptors (Lipinski definition) is 6. The number of carbonyl (C=O) groups excluding carboxylic acids is 2. The molecule has 0 radical (unpaired) electrons. The average Bonchev–Trinajstić information content (AvgIpc) is 3.45. The van der Waals surface area contributed by atoms with E-state index in [9.17, 15) is 14.7 Å². The largest absolute Gasteiger partial charge is 0.507 e. The molecule has 3 heterocycles. The topological polar surface area (TPSA) is 79.7 Å². The van der Waals surface area contributed by atoms with Crippen LogP contribution in [0.2, 0.25) is 5.02 Å². The molecule has 3 aromatic rings. The number of halogens is 1. The van der Waals surface area contributed by atoms with Gasteiger partial charge in [0.1, 0.15) is 17.6 Å². The Morgan fingerprint density at radius 1 is 1.26 bits per heavy atom. The van der Waals surface area contributed by atoms with Crippen LogP contribution in [-0.2, 0) is 16.0 Å². The second kappa shape index (κ2) is 7.51. The zero-order valence-corrected chi connectivity index (χ0v) is 18.0. The Morgan fingerprint density at radius 2 is 2.10 bits per heavy atom. The molecule has 156 valence electrons. The van der Waals surface area contributed by atoms with Gasteiger partial charge in [-0.3, -0.25) is 14.5 Å². The van der Waals surface area contributed by atoms with Gasteiger partial charge in [-0.25, -0.2) is 4.98 Å². The third-order valence-electron chi connectivity index (χ3n) is 5.40. The highest BCUT2D eigenvalue weighted by Gasteiger charge is 2.48. The van der Waals surface area contributed by atoms with Crippen molar-refractivity contribution in [1.82, 2.24) is 4.98 Å². The van der Waals surface area contributed by atoms with E-state index in [1.807, 2.05) is 6.92 Å². The molecule has 2 aromatic carbocycles. The lowest BCUT2D eigenvalue weighted by molar-refractivity contribution is -0.132. The Labute approximate surface area is 187 Å². The molecule has 31 heavy (non-hydrogen) atoms. The number of anilines is 1. The second-order valence-corrected chi connectivity index (χ2v) is 8.80. The van der Waals surface area contributed by atoms with E-state index in [1.165, 1.54) is 16.2 Å². The summed E-state index contributed by atoms with van der Waals surface area (Å²) >= 11 is 7.44. The Morgan fingerprint density at radius 3 is 2.84 bits per heavy atom. The van der Waals surface area contributed by atoms with Crippen molar-refractivity contribution in [2.75, 3.05) is 4.90 Å². The standard InChI is InChI=1S/C23H17ClN2O4S/c1-12-9-15-10-14(5-6-17(15)30-12)20(27)18-19(13-3-2-4-16(24)11-13)26(22(29)21(18)28)23-25-7-8-31-23/h2-8,10-12,19,27H,9H2,1H3/t12-,19-/m1/s1. The fourth-order valence-corrected chi connectivity index (χ4v) is 4.95. The van der Waals surface area contributed by atoms with Gasteiger partial charge in [-0.2, -0.15) is 0 Å². The van der Waals surface area contributed by atoms with Crippen LogP contribution in [-0.4, -0.2) is 27.9 Å². The molecule has 0 bridgehead atoms. The minimum absolute atomic E-state index is 0.00869. The van der Waals surface area contributed by atoms with E-state index in [-0.39, 0.29) is 17.4 Å². The van der Waals surface area contributed by atoms with Gasteiger partial charge in [-0.05, 0) is 48.4 Å². The molecule has 0 spiro atoms. The number of Topliss-reactive ketones (excluding diaryl/α,β-unsaturated/α-hetero) is 1. The first-order valence-electron chi connectivity index (χ1n) is 9.70. The number of thiazole rings is 1. The zero-order valence-electron chi connectivity index (χ0n) is 16.4. The van der Waals surface area contributed by atoms with Crippen LogP contribution in [0.25, 0.3) is 5.76 Å². The van der Waals surface area contributed by atoms with Crippen molar-refractivity contribution >= 4 is 45.5 Å². The summed E-state index contributed by atoms with van der Waals surface area (Å²) in [4.78, 5) is 31.6. The van der Waals surface area contributed by atoms with Gasteiger partial charge in [0.15, 0.2) is 5.13 Å². The number of fused-ring (bicyclic) bond motifs is 1. The molecular weight excluding hydrogens is 436 g/mol. The molecule has 1 saturated heterocycles. The second-order valence-electron chi connectivity index (χ2n) is 7.49. The van der Waals surface area contributed by atoms with Crippen molar-refractivity contribution in [3.8, 4) is 5.75 Å². The van der Waals surface area contributed by atoms with Crippen LogP contribution in [0.4, 0.5) is 5.13 Å². The van der Waals surface area contributed by atoms with Crippen molar-refractivity contribution in [1.29, 1.82) is 0 Å². The van der Waals surface area contributed by atoms with Gasteiger partial charge in [0, 0.05) is 28.6 Å². The molecule has 0 aliphatic carbocycles. The molecule has 8 heteroatoms. The summed E-state index contributed by atoms with van der Waals surface area (Å²) in [5.41, 5.74) is 2.03. The molecular formula is C23H17ClN2O4S. The van der Waals surface area contributed by atoms with E-state index < -0.39 is 17.7 Å². The molecule has 1 aromatic heterocycles. The molecule has 2 atom stereocenters. The van der Waals surface area contributed by atoms with Gasteiger partial charge >= 0.3 is 5.91 Å². The first kappa shape index (κ1) is 19.8. The van der Waals surface area contributed by atoms with Gasteiger partial charge in [0.05, 0.1) is 11.6 Å². The van der Waals surface area contributed by atoms with Gasteiger partial charge < -0.3 is 9.84 Å². The monoisotopic (exact) mass is 452 g/mol. The molecule has 5 rings (SSSR count). The number of carbonyl (C=O) groups is 2. The van der Waals surface area contributed by atoms with Crippen LogP contribution in [0, 0.1) is 0 Å². The van der Waals surface area contributed by atoms with Crippen molar-refractivity contribution < 1.29 is 19.4 Å². The smallest absolute Gasteiger partial charge is 0.301 e. The minimum Gasteiger partial charge on any atom is -0.507 e. The van der Waals surface area contributed by atoms with Crippen molar-refractivity contribution in [2.24, 2.45) is 0 Å². The number of hydrogen-bond donors (Lipinski definition) is 1. The molecule has 0 saturated carbocycles. The number of ether oxygens (including phenoxy) is 1. The van der Waals surface area contributed by atoms with E-state index in [4.69, 9.17) is 16.3 Å². The first-order valence-corrected chi connectivity index (χ1v) is 11.0. The highest BCUT2D eigenvalue weighted by molar-refractivity contribution is 7.14. The number of aliphatic hydroxyl groups is 1. The molecule has 1 N–H and O–H groups in total. The zero-order chi connectivity index (χ0) is 21.7. The number of benzene rings is 2. The van der Waals surface area contributed by atoms with Crippen LogP contribution in [0.1, 0.15) is 29.7 Å². The van der Waals surface area contributed by atoms with Crippen LogP contribution in [0.3, 0.4) is 0 Å². The SMILES string of the molecule is C[C@@H]1Cc2cc(C(O)=C3C(=O)C(=O)N(c4nccs4)[C@@H]3c3cccc(Cl)c3)ccc2O1. The first-order chi connectivity index (χ1) is 14.9. The maximum absolute atomic E-state index is 13.1. The maximum Gasteiger partial charge on any atom is 0.301 e. The summed E-state index contributed by atoms with van der Waals surface area (Å²) in [6.07, 6.45) is 2.33. The lowest BCUT2D eigenvalue weighted by Crippen LogP contribution is -2.29. The van der Waals surface area contributed by atoms with Crippen LogP contribution in [0.5, 0.6) is 5.75 Å². The minimum atomic E-state index is -0.840. The van der Waals surface area contributed by atoms with Crippen LogP contribution >= 0.6 is 22.9 Å². The maximum atomic E-state index is 13.1. The average molecular weight is 453 g/mol. The van der Waals surface area contributed by atoms with E-state index in [1.54, 1.807) is 54.0 Å². The van der Waals surface area contributed by atoms with Crippen molar-refractivity contribution in [2.45, 2.75) is 25.5 Å². The number of nitrogens with zero attached hydrogens (tertiary/aromatic N) is 2. The summed E-state index contributed by atoms with van der Waals surface area (Å²) in [6, 6.07) is 11.3. The lowest BCUT2D eigenvalue weighted by atomic mass is 9.94. The fraction of sp³-hybridized carbons (Fsp3) is 0.174. The summed E-state index contributed by atoms with van der Waals surface area (Å²) in [7, 11) is 0. The van der Waals surface area contributed by atoms with Gasteiger partial charge in [-0.15, -0.1) is 11.3 Å². The number of aromatic nitrogens is 1. The predicted octanol–water partition coefficient (Wildman–Crippen LogP) is 4.75. The normalized spacial score (nSPS) is 21.9. The number of amides is 1. The Bertz CT molecular complexity index is 1240. The molecule has 6 nitrogen and oxygen atoms in total. The van der Waals surface area contributed by atoms with E-state index in [0.29, 0.717) is 27.7 Å². The van der Waals surface area contributed by atoms with Gasteiger partial charge in [0.25, 0.3) is 5.78 Å². The molecule has 0 unspecified atom stereocenters. The fourth-order valence-electron chi connectivity index (χ4n) is 4.08. The van der Waals surface area contributed by atoms with Gasteiger partial charge in [0.2, 0.25) is 0 Å². The number of rotatable bonds is 3. The molecule has 2 aliphatic heterocycles. The van der Waals surface area contributed by atoms with Gasteiger partial charge in [-0.1, -0.05) is 23.7 Å². The highest BCUT2D eigenvalue weighted by Crippen LogP contribution is 2.43. The number of aliphatic hydroxyl groups excluding tert-OH is 1. The summed E-state index contributed by atoms with van der Waals surface area (Å²) < 4.78 is 5.73. The van der Waals surface area contributed by atoms with E-state index in [2.05, 4.69) is 4.98 Å². The Balaban J connectivity index is 1.69. The van der Waals surface area contributed by atoms with Crippen LogP contribution < -0.4 is 9.64 Å². The van der Waals surface area contributed by atoms with Crippen molar-refractivity contribution in [3.63, 3.8) is 0 Å². The quantitative estimate of drug-likeness (QED) is 0.352. The summed E-state index contributed by atoms with van der Waals surface area (Å²) in [6.45, 7) is 1.97. The summed E-state index contributed by atoms with van der Waals surface area (Å²) in [5, 5.41) is 13.8. The van der Waals surface area contributed by atoms with E-state index in [0.717, 1.165) is 11.3 Å². The highest BCUT2D eigenvalue weighted by atomic mass is 35.5. The number of ketones is 1. The van der Waals surface area contributed by atoms with Crippen molar-refractivity contribution in [3.05, 3.63) is 81.3 Å². The van der Waals surface area contributed by atoms with Crippen LogP contribution in [0.15, 0.2) is 59.6 Å². The molecule has 1 fully saturated rings. The lowest BCUT2D eigenvalue weighted by Gasteiger charge is -2.23. The third-order valence-corrected chi connectivity index (χ3v) is 6.41. The molecule has 1 amide bonds. The third kappa shape index (κ3) is 3.30. The Kier molecular flexibility index (Phi) is 4.79.